The van der Waals surface area contributed by atoms with Gasteiger partial charge in [-0.2, -0.15) is 0 Å². The normalized spacial score (nSPS) is 10.2. The number of nitrogen functional groups attached to an aromatic ring is 1. The Hall–Kier alpha value is -2.83. The molecule has 0 saturated heterocycles. The maximum Gasteiger partial charge on any atom is 0.358 e. The molecule has 19 heavy (non-hydrogen) atoms. The molecule has 0 fully saturated rings. The van der Waals surface area contributed by atoms with Gasteiger partial charge in [0.15, 0.2) is 23.0 Å². The van der Waals surface area contributed by atoms with Crippen molar-refractivity contribution in [3.8, 4) is 22.8 Å². The molecule has 0 radical (unpaired) electrons. The van der Waals surface area contributed by atoms with Crippen LogP contribution in [0.2, 0.25) is 0 Å². The minimum atomic E-state index is -1.25. The third-order valence-corrected chi connectivity index (χ3v) is 2.48. The minimum absolute atomic E-state index is 0.0203. The van der Waals surface area contributed by atoms with Crippen molar-refractivity contribution >= 4 is 11.8 Å². The highest BCUT2D eigenvalue weighted by atomic mass is 16.5. The molecule has 2 rings (SSSR count). The van der Waals surface area contributed by atoms with E-state index < -0.39 is 5.97 Å². The molecule has 0 aliphatic heterocycles. The molecular formula is C12H11N3O4. The number of hydrogen-bond donors (Lipinski definition) is 3. The van der Waals surface area contributed by atoms with Crippen LogP contribution < -0.4 is 10.5 Å². The van der Waals surface area contributed by atoms with Crippen molar-refractivity contribution in [2.45, 2.75) is 0 Å². The number of phenols is 1. The molecular weight excluding hydrogens is 250 g/mol. The van der Waals surface area contributed by atoms with E-state index in [0.29, 0.717) is 11.3 Å². The molecule has 1 aromatic carbocycles. The van der Waals surface area contributed by atoms with Crippen molar-refractivity contribution < 1.29 is 19.7 Å². The highest BCUT2D eigenvalue weighted by Crippen LogP contribution is 2.30. The van der Waals surface area contributed by atoms with Crippen LogP contribution >= 0.6 is 0 Å². The third kappa shape index (κ3) is 2.39. The summed E-state index contributed by atoms with van der Waals surface area (Å²) in [6, 6.07) is 4.53. The lowest BCUT2D eigenvalue weighted by molar-refractivity contribution is 0.0691. The predicted molar refractivity (Wildman–Crippen MR) is 67.1 cm³/mol. The molecule has 7 heteroatoms. The molecule has 0 spiro atoms. The first-order valence-corrected chi connectivity index (χ1v) is 5.26. The number of benzene rings is 1. The van der Waals surface area contributed by atoms with E-state index in [1.807, 2.05) is 0 Å². The summed E-state index contributed by atoms with van der Waals surface area (Å²) < 4.78 is 4.97. The second kappa shape index (κ2) is 4.81. The number of aromatic carboxylic acids is 1. The second-order valence-electron chi connectivity index (χ2n) is 3.68. The number of anilines is 1. The first-order chi connectivity index (χ1) is 9.02. The van der Waals surface area contributed by atoms with Gasteiger partial charge < -0.3 is 20.7 Å². The van der Waals surface area contributed by atoms with E-state index in [2.05, 4.69) is 9.97 Å². The zero-order valence-corrected chi connectivity index (χ0v) is 9.99. The number of aromatic nitrogens is 2. The second-order valence-corrected chi connectivity index (χ2v) is 3.68. The van der Waals surface area contributed by atoms with E-state index in [4.69, 9.17) is 15.6 Å². The molecule has 0 atom stereocenters. The van der Waals surface area contributed by atoms with Crippen LogP contribution in [0.1, 0.15) is 10.5 Å². The van der Waals surface area contributed by atoms with Crippen LogP contribution in [0.5, 0.6) is 11.5 Å². The lowest BCUT2D eigenvalue weighted by atomic mass is 10.1. The summed E-state index contributed by atoms with van der Waals surface area (Å²) in [6.45, 7) is 0. The van der Waals surface area contributed by atoms with Gasteiger partial charge in [-0.05, 0) is 18.2 Å². The number of ether oxygens (including phenoxy) is 1. The summed E-state index contributed by atoms with van der Waals surface area (Å²) in [5.74, 6) is -1.17. The first kappa shape index (κ1) is 12.6. The largest absolute Gasteiger partial charge is 0.504 e. The Morgan fingerprint density at radius 2 is 2.16 bits per heavy atom. The zero-order valence-electron chi connectivity index (χ0n) is 9.99. The maximum absolute atomic E-state index is 10.9. The van der Waals surface area contributed by atoms with Gasteiger partial charge in [0, 0.05) is 5.56 Å². The molecule has 0 saturated carbocycles. The van der Waals surface area contributed by atoms with E-state index >= 15 is 0 Å². The van der Waals surface area contributed by atoms with Crippen molar-refractivity contribution in [2.24, 2.45) is 0 Å². The number of hydrogen-bond acceptors (Lipinski definition) is 6. The van der Waals surface area contributed by atoms with Crippen LogP contribution in [0.25, 0.3) is 11.3 Å². The summed E-state index contributed by atoms with van der Waals surface area (Å²) >= 11 is 0. The fourth-order valence-corrected chi connectivity index (χ4v) is 1.53. The van der Waals surface area contributed by atoms with Crippen LogP contribution in [0.3, 0.4) is 0 Å². The predicted octanol–water partition coefficient (Wildman–Crippen LogP) is 1.14. The maximum atomic E-state index is 10.9. The Labute approximate surface area is 108 Å². The monoisotopic (exact) mass is 261 g/mol. The summed E-state index contributed by atoms with van der Waals surface area (Å²) in [7, 11) is 1.41. The summed E-state index contributed by atoms with van der Waals surface area (Å²) in [5, 5.41) is 18.4. The van der Waals surface area contributed by atoms with Gasteiger partial charge in [-0.1, -0.05) is 0 Å². The smallest absolute Gasteiger partial charge is 0.358 e. The van der Waals surface area contributed by atoms with E-state index in [-0.39, 0.29) is 23.0 Å². The van der Waals surface area contributed by atoms with Gasteiger partial charge in [-0.15, -0.1) is 0 Å². The molecule has 0 unspecified atom stereocenters. The van der Waals surface area contributed by atoms with Crippen molar-refractivity contribution in [3.63, 3.8) is 0 Å². The molecule has 0 amide bonds. The van der Waals surface area contributed by atoms with Gasteiger partial charge in [0.25, 0.3) is 0 Å². The van der Waals surface area contributed by atoms with Gasteiger partial charge in [-0.25, -0.2) is 14.8 Å². The molecule has 4 N–H and O–H groups in total. The van der Waals surface area contributed by atoms with Crippen molar-refractivity contribution in [1.29, 1.82) is 0 Å². The summed E-state index contributed by atoms with van der Waals surface area (Å²) in [4.78, 5) is 18.6. The number of nitrogens with zero attached hydrogens (tertiary/aromatic N) is 2. The fourth-order valence-electron chi connectivity index (χ4n) is 1.53. The summed E-state index contributed by atoms with van der Waals surface area (Å²) in [5.41, 5.74) is 6.00. The Kier molecular flexibility index (Phi) is 3.19. The SMILES string of the molecule is COc1cc(-c2cnc(N)c(C(=O)O)n2)ccc1O. The average molecular weight is 261 g/mol. The standard InChI is InChI=1S/C12H11N3O4/c1-19-9-4-6(2-3-8(9)16)7-5-14-11(13)10(15-7)12(17)18/h2-5,16H,1H3,(H2,13,14)(H,17,18). The summed E-state index contributed by atoms with van der Waals surface area (Å²) in [6.07, 6.45) is 1.35. The van der Waals surface area contributed by atoms with E-state index in [1.54, 1.807) is 6.07 Å². The molecule has 0 aliphatic rings. The Morgan fingerprint density at radius 3 is 2.79 bits per heavy atom. The van der Waals surface area contributed by atoms with Crippen LogP contribution in [0.15, 0.2) is 24.4 Å². The van der Waals surface area contributed by atoms with E-state index in [9.17, 15) is 9.90 Å². The topological polar surface area (TPSA) is 119 Å². The molecule has 7 nitrogen and oxygen atoms in total. The van der Waals surface area contributed by atoms with Crippen molar-refractivity contribution in [2.75, 3.05) is 12.8 Å². The van der Waals surface area contributed by atoms with Gasteiger partial charge in [0.1, 0.15) is 0 Å². The Morgan fingerprint density at radius 1 is 1.42 bits per heavy atom. The number of rotatable bonds is 3. The quantitative estimate of drug-likeness (QED) is 0.757. The molecule has 0 bridgehead atoms. The van der Waals surface area contributed by atoms with Crippen LogP contribution in [-0.4, -0.2) is 33.3 Å². The lowest BCUT2D eigenvalue weighted by Crippen LogP contribution is -2.08. The van der Waals surface area contributed by atoms with Crippen molar-refractivity contribution in [1.82, 2.24) is 9.97 Å². The number of methoxy groups -OCH3 is 1. The van der Waals surface area contributed by atoms with E-state index in [0.717, 1.165) is 0 Å². The number of carbonyl (C=O) groups is 1. The molecule has 98 valence electrons. The molecule has 2 aromatic rings. The molecule has 0 aliphatic carbocycles. The Bertz CT molecular complexity index is 643. The minimum Gasteiger partial charge on any atom is -0.504 e. The van der Waals surface area contributed by atoms with Crippen LogP contribution in [0.4, 0.5) is 5.82 Å². The van der Waals surface area contributed by atoms with Gasteiger partial charge in [0.05, 0.1) is 19.0 Å². The molecule has 1 aromatic heterocycles. The fraction of sp³-hybridized carbons (Fsp3) is 0.0833. The molecule has 1 heterocycles. The lowest BCUT2D eigenvalue weighted by Gasteiger charge is -2.07. The van der Waals surface area contributed by atoms with Gasteiger partial charge >= 0.3 is 5.97 Å². The van der Waals surface area contributed by atoms with Crippen LogP contribution in [-0.2, 0) is 0 Å². The van der Waals surface area contributed by atoms with E-state index in [1.165, 1.54) is 25.4 Å². The number of phenolic OH excluding ortho intramolecular Hbond substituents is 1. The van der Waals surface area contributed by atoms with Crippen LogP contribution in [0, 0.1) is 0 Å². The van der Waals surface area contributed by atoms with Gasteiger partial charge in [0.2, 0.25) is 0 Å². The highest BCUT2D eigenvalue weighted by molar-refractivity contribution is 5.90. The average Bonchev–Trinajstić information content (AvgIpc) is 2.39. The highest BCUT2D eigenvalue weighted by Gasteiger charge is 2.14. The zero-order chi connectivity index (χ0) is 14.0. The van der Waals surface area contributed by atoms with Crippen molar-refractivity contribution in [3.05, 3.63) is 30.1 Å². The number of aromatic hydroxyl groups is 1. The number of nitrogens with two attached hydrogens (primary N) is 1. The first-order valence-electron chi connectivity index (χ1n) is 5.26. The number of carboxylic acids is 1. The number of carboxylic acid groups (broad SMARTS) is 1. The van der Waals surface area contributed by atoms with Gasteiger partial charge in [-0.3, -0.25) is 0 Å². The third-order valence-electron chi connectivity index (χ3n) is 2.48. The Balaban J connectivity index is 2.53.